The molecule has 0 fully saturated rings. The summed E-state index contributed by atoms with van der Waals surface area (Å²) in [5, 5.41) is 5.84. The molecule has 1 aromatic carbocycles. The van der Waals surface area contributed by atoms with E-state index in [-0.39, 0.29) is 11.8 Å². The lowest BCUT2D eigenvalue weighted by Crippen LogP contribution is -2.26. The number of anilines is 1. The smallest absolute Gasteiger partial charge is 0.256 e. The largest absolute Gasteiger partial charge is 0.358 e. The number of halogens is 1. The zero-order chi connectivity index (χ0) is 21.3. The number of benzene rings is 1. The average Bonchev–Trinajstić information content (AvgIpc) is 3.18. The summed E-state index contributed by atoms with van der Waals surface area (Å²) in [5.74, 6) is -0.294. The van der Waals surface area contributed by atoms with Crippen molar-refractivity contribution in [2.24, 2.45) is 0 Å². The summed E-state index contributed by atoms with van der Waals surface area (Å²) >= 11 is 3.46. The minimum Gasteiger partial charge on any atom is -0.358 e. The van der Waals surface area contributed by atoms with Gasteiger partial charge in [-0.15, -0.1) is 0 Å². The molecule has 30 heavy (non-hydrogen) atoms. The number of nitrogens with one attached hydrogen (secondary N) is 3. The second-order valence-corrected chi connectivity index (χ2v) is 8.11. The van der Waals surface area contributed by atoms with Crippen LogP contribution in [-0.2, 0) is 11.2 Å². The third-order valence-corrected chi connectivity index (χ3v) is 5.64. The summed E-state index contributed by atoms with van der Waals surface area (Å²) in [7, 11) is 0. The number of aryl methyl sites for hydroxylation is 1. The fourth-order valence-electron chi connectivity index (χ4n) is 3.65. The Bertz CT molecular complexity index is 1170. The lowest BCUT2D eigenvalue weighted by molar-refractivity contribution is -0.110. The van der Waals surface area contributed by atoms with Gasteiger partial charge in [-0.1, -0.05) is 22.0 Å². The highest BCUT2D eigenvalue weighted by Gasteiger charge is 2.25. The molecule has 3 aromatic rings. The van der Waals surface area contributed by atoms with Crippen molar-refractivity contribution < 1.29 is 9.59 Å². The topological polar surface area (TPSA) is 86.9 Å². The molecular weight excluding hydrogens is 444 g/mol. The van der Waals surface area contributed by atoms with Gasteiger partial charge in [0.05, 0.1) is 11.1 Å². The predicted octanol–water partition coefficient (Wildman–Crippen LogP) is 4.25. The number of H-pyrrole nitrogens is 1. The van der Waals surface area contributed by atoms with Crippen molar-refractivity contribution in [3.8, 4) is 0 Å². The number of aromatic nitrogens is 2. The average molecular weight is 465 g/mol. The molecule has 2 amide bonds. The fraction of sp³-hybridized carbons (Fsp3) is 0.174. The molecule has 0 bridgehead atoms. The van der Waals surface area contributed by atoms with Gasteiger partial charge >= 0.3 is 0 Å². The third kappa shape index (κ3) is 3.93. The maximum Gasteiger partial charge on any atom is 0.256 e. The predicted molar refractivity (Wildman–Crippen MR) is 121 cm³/mol. The summed E-state index contributed by atoms with van der Waals surface area (Å²) in [5.41, 5.74) is 6.05. The lowest BCUT2D eigenvalue weighted by Gasteiger charge is -2.06. The van der Waals surface area contributed by atoms with E-state index in [1.165, 1.54) is 0 Å². The zero-order valence-corrected chi connectivity index (χ0v) is 18.3. The fourth-order valence-corrected chi connectivity index (χ4v) is 4.01. The van der Waals surface area contributed by atoms with Crippen LogP contribution in [-0.4, -0.2) is 28.3 Å². The monoisotopic (exact) mass is 464 g/mol. The maximum atomic E-state index is 12.8. The highest BCUT2D eigenvalue weighted by molar-refractivity contribution is 9.10. The molecule has 0 atom stereocenters. The Labute approximate surface area is 182 Å². The van der Waals surface area contributed by atoms with Crippen LogP contribution in [0.3, 0.4) is 0 Å². The van der Waals surface area contributed by atoms with Crippen molar-refractivity contribution in [1.29, 1.82) is 0 Å². The summed E-state index contributed by atoms with van der Waals surface area (Å²) in [6.45, 7) is 4.25. The van der Waals surface area contributed by atoms with Gasteiger partial charge in [0.25, 0.3) is 11.8 Å². The van der Waals surface area contributed by atoms with Gasteiger partial charge in [-0.25, -0.2) is 0 Å². The van der Waals surface area contributed by atoms with Crippen molar-refractivity contribution in [3.05, 3.63) is 80.8 Å². The van der Waals surface area contributed by atoms with Gasteiger partial charge in [0.15, 0.2) is 0 Å². The molecule has 1 aliphatic heterocycles. The highest BCUT2D eigenvalue weighted by atomic mass is 79.9. The highest BCUT2D eigenvalue weighted by Crippen LogP contribution is 2.35. The van der Waals surface area contributed by atoms with Crippen molar-refractivity contribution in [1.82, 2.24) is 15.3 Å². The number of pyridine rings is 1. The molecule has 0 unspecified atom stereocenters. The minimum atomic E-state index is -0.156. The van der Waals surface area contributed by atoms with E-state index in [9.17, 15) is 9.59 Å². The van der Waals surface area contributed by atoms with Gasteiger partial charge in [0.2, 0.25) is 0 Å². The van der Waals surface area contributed by atoms with E-state index in [1.807, 2.05) is 50.2 Å². The van der Waals surface area contributed by atoms with Crippen molar-refractivity contribution >= 4 is 45.1 Å². The molecule has 3 heterocycles. The van der Waals surface area contributed by atoms with Gasteiger partial charge in [-0.2, -0.15) is 0 Å². The summed E-state index contributed by atoms with van der Waals surface area (Å²) < 4.78 is 0.899. The number of hydrogen-bond acceptors (Lipinski definition) is 3. The number of carbonyl (C=O) groups is 2. The van der Waals surface area contributed by atoms with E-state index < -0.39 is 0 Å². The Morgan fingerprint density at radius 1 is 1.23 bits per heavy atom. The van der Waals surface area contributed by atoms with E-state index in [1.54, 1.807) is 12.3 Å². The van der Waals surface area contributed by atoms with E-state index >= 15 is 0 Å². The zero-order valence-electron chi connectivity index (χ0n) is 16.7. The molecule has 6 nitrogen and oxygen atoms in total. The van der Waals surface area contributed by atoms with E-state index in [0.29, 0.717) is 24.1 Å². The molecule has 4 rings (SSSR count). The summed E-state index contributed by atoms with van der Waals surface area (Å²) in [6.07, 6.45) is 4.21. The van der Waals surface area contributed by atoms with E-state index in [4.69, 9.17) is 0 Å². The van der Waals surface area contributed by atoms with Gasteiger partial charge in [0, 0.05) is 52.0 Å². The van der Waals surface area contributed by atoms with E-state index in [0.717, 1.165) is 38.4 Å². The number of hydrogen-bond donors (Lipinski definition) is 3. The minimum absolute atomic E-state index is 0.138. The number of nitrogens with zero attached hydrogens (tertiary/aromatic N) is 1. The molecule has 3 N–H and O–H groups in total. The molecule has 0 aliphatic carbocycles. The Kier molecular flexibility index (Phi) is 5.55. The van der Waals surface area contributed by atoms with Crippen LogP contribution < -0.4 is 10.6 Å². The van der Waals surface area contributed by atoms with Crippen LogP contribution in [0.15, 0.2) is 47.1 Å². The van der Waals surface area contributed by atoms with Gasteiger partial charge in [0.1, 0.15) is 0 Å². The number of rotatable bonds is 5. The normalized spacial score (nSPS) is 14.0. The second kappa shape index (κ2) is 8.28. The molecule has 0 spiro atoms. The molecule has 7 heteroatoms. The number of fused-ring (bicyclic) bond motifs is 1. The first-order valence-electron chi connectivity index (χ1n) is 9.64. The second-order valence-electron chi connectivity index (χ2n) is 7.19. The molecule has 0 radical (unpaired) electrons. The number of aromatic amines is 1. The SMILES string of the molecule is Cc1[nH]c(C=C2C(=O)Nc3ccc(Br)cc32)c(C)c1C(=O)NCCc1ccccn1. The molecule has 0 saturated carbocycles. The van der Waals surface area contributed by atoms with Gasteiger partial charge in [-0.05, 0) is 55.8 Å². The first kappa shape index (κ1) is 20.1. The van der Waals surface area contributed by atoms with Gasteiger partial charge < -0.3 is 15.6 Å². The van der Waals surface area contributed by atoms with Crippen LogP contribution in [0, 0.1) is 13.8 Å². The van der Waals surface area contributed by atoms with Crippen molar-refractivity contribution in [3.63, 3.8) is 0 Å². The summed E-state index contributed by atoms with van der Waals surface area (Å²) in [6, 6.07) is 11.4. The molecule has 152 valence electrons. The van der Waals surface area contributed by atoms with Crippen LogP contribution in [0.4, 0.5) is 5.69 Å². The first-order chi connectivity index (χ1) is 14.4. The van der Waals surface area contributed by atoms with Gasteiger partial charge in [-0.3, -0.25) is 14.6 Å². The van der Waals surface area contributed by atoms with Crippen LogP contribution in [0.1, 0.15) is 38.6 Å². The Morgan fingerprint density at radius 3 is 2.83 bits per heavy atom. The maximum absolute atomic E-state index is 12.8. The number of amides is 2. The van der Waals surface area contributed by atoms with E-state index in [2.05, 4.69) is 36.5 Å². The Balaban J connectivity index is 1.55. The molecule has 1 aliphatic rings. The van der Waals surface area contributed by atoms with Crippen LogP contribution in [0.2, 0.25) is 0 Å². The molecule has 0 saturated heterocycles. The third-order valence-electron chi connectivity index (χ3n) is 5.15. The van der Waals surface area contributed by atoms with Crippen molar-refractivity contribution in [2.45, 2.75) is 20.3 Å². The van der Waals surface area contributed by atoms with Crippen LogP contribution >= 0.6 is 15.9 Å². The quantitative estimate of drug-likeness (QED) is 0.493. The molecule has 2 aromatic heterocycles. The first-order valence-corrected chi connectivity index (χ1v) is 10.4. The number of carbonyl (C=O) groups excluding carboxylic acids is 2. The lowest BCUT2D eigenvalue weighted by atomic mass is 10.0. The van der Waals surface area contributed by atoms with Crippen molar-refractivity contribution in [2.75, 3.05) is 11.9 Å². The molecular formula is C23H21BrN4O2. The Hall–Kier alpha value is -3.19. The standard InChI is InChI=1S/C23H21BrN4O2/c1-13-20(12-18-17-11-15(24)6-7-19(17)28-22(18)29)27-14(2)21(13)23(30)26-10-8-16-5-3-4-9-25-16/h3-7,9,11-12,27H,8,10H2,1-2H3,(H,26,30)(H,28,29). The van der Waals surface area contributed by atoms with Crippen LogP contribution in [0.5, 0.6) is 0 Å². The Morgan fingerprint density at radius 2 is 2.07 bits per heavy atom. The summed E-state index contributed by atoms with van der Waals surface area (Å²) in [4.78, 5) is 32.8. The van der Waals surface area contributed by atoms with Crippen LogP contribution in [0.25, 0.3) is 11.6 Å².